The van der Waals surface area contributed by atoms with E-state index in [1.165, 1.54) is 22.9 Å². The second-order valence-electron chi connectivity index (χ2n) is 5.93. The minimum atomic E-state index is -4.48. The second-order valence-corrected chi connectivity index (χ2v) is 5.93. The average molecular weight is 383 g/mol. The largest absolute Gasteiger partial charge is 0.417 e. The van der Waals surface area contributed by atoms with Gasteiger partial charge in [0.15, 0.2) is 0 Å². The highest BCUT2D eigenvalue weighted by atomic mass is 19.4. The number of aromatic nitrogens is 2. The van der Waals surface area contributed by atoms with Crippen LogP contribution in [0.5, 0.6) is 0 Å². The van der Waals surface area contributed by atoms with Crippen LogP contribution in [0.15, 0.2) is 60.7 Å². The lowest BCUT2D eigenvalue weighted by Gasteiger charge is -2.08. The summed E-state index contributed by atoms with van der Waals surface area (Å²) in [6.45, 7) is -0.0864. The van der Waals surface area contributed by atoms with Crippen LogP contribution < -0.4 is 5.32 Å². The lowest BCUT2D eigenvalue weighted by atomic mass is 10.1. The fraction of sp³-hybridized carbons (Fsp3) is 0.143. The number of rotatable bonds is 3. The molecule has 0 bridgehead atoms. The van der Waals surface area contributed by atoms with Crippen molar-refractivity contribution < 1.29 is 18.0 Å². The monoisotopic (exact) mass is 383 g/mol. The third kappa shape index (κ3) is 4.41. The third-order valence-corrected chi connectivity index (χ3v) is 3.97. The zero-order valence-corrected chi connectivity index (χ0v) is 14.9. The minimum absolute atomic E-state index is 0.0864. The van der Waals surface area contributed by atoms with E-state index >= 15 is 0 Å². The molecular weight excluding hydrogens is 367 g/mol. The van der Waals surface area contributed by atoms with E-state index in [-0.39, 0.29) is 12.1 Å². The number of hydrogen-bond acceptors (Lipinski definition) is 2. The Kier molecular flexibility index (Phi) is 5.50. The molecule has 0 unspecified atom stereocenters. The van der Waals surface area contributed by atoms with Crippen molar-refractivity contribution in [2.24, 2.45) is 7.05 Å². The van der Waals surface area contributed by atoms with E-state index in [2.05, 4.69) is 22.3 Å². The summed E-state index contributed by atoms with van der Waals surface area (Å²) >= 11 is 0. The van der Waals surface area contributed by atoms with Crippen molar-refractivity contribution in [2.75, 3.05) is 6.54 Å². The molecule has 142 valence electrons. The molecule has 28 heavy (non-hydrogen) atoms. The highest BCUT2D eigenvalue weighted by Gasteiger charge is 2.32. The lowest BCUT2D eigenvalue weighted by molar-refractivity contribution is -0.137. The smallest absolute Gasteiger partial charge is 0.340 e. The number of alkyl halides is 3. The van der Waals surface area contributed by atoms with Crippen LogP contribution in [0.3, 0.4) is 0 Å². The first-order chi connectivity index (χ1) is 13.4. The predicted molar refractivity (Wildman–Crippen MR) is 99.3 cm³/mol. The Balaban J connectivity index is 1.69. The first kappa shape index (κ1) is 19.2. The molecule has 4 nitrogen and oxygen atoms in total. The molecule has 7 heteroatoms. The Morgan fingerprint density at radius 2 is 1.79 bits per heavy atom. The van der Waals surface area contributed by atoms with E-state index < -0.39 is 17.6 Å². The predicted octanol–water partition coefficient (Wildman–Crippen LogP) is 3.89. The van der Waals surface area contributed by atoms with E-state index in [4.69, 9.17) is 0 Å². The van der Waals surface area contributed by atoms with Gasteiger partial charge in [0.05, 0.1) is 17.8 Å². The quantitative estimate of drug-likeness (QED) is 0.698. The van der Waals surface area contributed by atoms with Gasteiger partial charge in [-0.3, -0.25) is 9.48 Å². The molecule has 0 aliphatic carbocycles. The van der Waals surface area contributed by atoms with Crippen LogP contribution in [0.1, 0.15) is 21.6 Å². The van der Waals surface area contributed by atoms with Crippen molar-refractivity contribution in [1.82, 2.24) is 15.1 Å². The van der Waals surface area contributed by atoms with Crippen LogP contribution in [-0.2, 0) is 13.2 Å². The molecule has 1 amide bonds. The summed E-state index contributed by atoms with van der Waals surface area (Å²) in [7, 11) is 1.65. The van der Waals surface area contributed by atoms with Gasteiger partial charge in [-0.05, 0) is 18.2 Å². The molecule has 1 aromatic heterocycles. The molecule has 0 aliphatic heterocycles. The van der Waals surface area contributed by atoms with Gasteiger partial charge in [-0.2, -0.15) is 18.3 Å². The average Bonchev–Trinajstić information content (AvgIpc) is 3.07. The van der Waals surface area contributed by atoms with Crippen molar-refractivity contribution >= 4 is 5.91 Å². The van der Waals surface area contributed by atoms with Gasteiger partial charge < -0.3 is 5.32 Å². The minimum Gasteiger partial charge on any atom is -0.340 e. The fourth-order valence-corrected chi connectivity index (χ4v) is 2.62. The van der Waals surface area contributed by atoms with Crippen molar-refractivity contribution in [2.45, 2.75) is 6.18 Å². The summed E-state index contributed by atoms with van der Waals surface area (Å²) < 4.78 is 40.3. The third-order valence-electron chi connectivity index (χ3n) is 3.97. The van der Waals surface area contributed by atoms with Gasteiger partial charge in [-0.15, -0.1) is 0 Å². The van der Waals surface area contributed by atoms with Crippen LogP contribution in [0, 0.1) is 11.8 Å². The summed E-state index contributed by atoms with van der Waals surface area (Å²) in [5, 5.41) is 6.89. The summed E-state index contributed by atoms with van der Waals surface area (Å²) in [5.74, 6) is 4.62. The Morgan fingerprint density at radius 3 is 2.50 bits per heavy atom. The maximum atomic E-state index is 12.9. The maximum absolute atomic E-state index is 12.9. The van der Waals surface area contributed by atoms with Crippen LogP contribution in [0.25, 0.3) is 11.3 Å². The molecule has 0 saturated carbocycles. The van der Waals surface area contributed by atoms with Crippen molar-refractivity contribution in [3.63, 3.8) is 0 Å². The summed E-state index contributed by atoms with van der Waals surface area (Å²) in [4.78, 5) is 12.3. The van der Waals surface area contributed by atoms with Crippen LogP contribution in [0.4, 0.5) is 13.2 Å². The molecule has 2 aromatic carbocycles. The van der Waals surface area contributed by atoms with Gasteiger partial charge >= 0.3 is 6.18 Å². The van der Waals surface area contributed by atoms with E-state index in [1.54, 1.807) is 13.1 Å². The molecule has 0 fully saturated rings. The van der Waals surface area contributed by atoms with E-state index in [1.807, 2.05) is 30.3 Å². The molecule has 0 atom stereocenters. The number of carbonyl (C=O) groups excluding carboxylic acids is 1. The molecule has 0 spiro atoms. The molecule has 1 heterocycles. The fourth-order valence-electron chi connectivity index (χ4n) is 2.62. The summed E-state index contributed by atoms with van der Waals surface area (Å²) in [5.41, 5.74) is 0.930. The molecule has 0 radical (unpaired) electrons. The molecular formula is C21H16F3N3O. The van der Waals surface area contributed by atoms with E-state index in [0.717, 1.165) is 11.6 Å². The molecule has 3 aromatic rings. The highest BCUT2D eigenvalue weighted by Crippen LogP contribution is 2.31. The van der Waals surface area contributed by atoms with Crippen LogP contribution >= 0.6 is 0 Å². The second kappa shape index (κ2) is 8.01. The lowest BCUT2D eigenvalue weighted by Crippen LogP contribution is -2.25. The molecule has 0 saturated heterocycles. The first-order valence-electron chi connectivity index (χ1n) is 8.39. The van der Waals surface area contributed by atoms with Crippen molar-refractivity contribution in [3.8, 4) is 23.1 Å². The topological polar surface area (TPSA) is 46.9 Å². The standard InChI is InChI=1S/C21H16F3N3O/c1-27-19(14-18(26-27)16-9-3-2-4-10-16)20(28)25-13-7-11-15-8-5-6-12-17(15)21(22,23)24/h2-6,8-10,12,14H,13H2,1H3,(H,25,28). The van der Waals surface area contributed by atoms with E-state index in [9.17, 15) is 18.0 Å². The Bertz CT molecular complexity index is 1040. The zero-order valence-electron chi connectivity index (χ0n) is 14.9. The number of amides is 1. The number of carbonyl (C=O) groups is 1. The van der Waals surface area contributed by atoms with Crippen LogP contribution in [-0.4, -0.2) is 22.2 Å². The number of benzene rings is 2. The number of aryl methyl sites for hydroxylation is 1. The van der Waals surface area contributed by atoms with Crippen LogP contribution in [0.2, 0.25) is 0 Å². The van der Waals surface area contributed by atoms with Gasteiger partial charge in [0.25, 0.3) is 5.91 Å². The van der Waals surface area contributed by atoms with E-state index in [0.29, 0.717) is 11.4 Å². The van der Waals surface area contributed by atoms with Gasteiger partial charge in [-0.1, -0.05) is 54.3 Å². The number of halogens is 3. The van der Waals surface area contributed by atoms with Crippen molar-refractivity contribution in [3.05, 3.63) is 77.5 Å². The summed E-state index contributed by atoms with van der Waals surface area (Å²) in [6, 6.07) is 16.1. The molecule has 3 rings (SSSR count). The molecule has 0 aliphatic rings. The number of nitrogens with zero attached hydrogens (tertiary/aromatic N) is 2. The Morgan fingerprint density at radius 1 is 1.11 bits per heavy atom. The van der Waals surface area contributed by atoms with Gasteiger partial charge in [0.1, 0.15) is 5.69 Å². The molecule has 1 N–H and O–H groups in total. The first-order valence-corrected chi connectivity index (χ1v) is 8.39. The highest BCUT2D eigenvalue weighted by molar-refractivity contribution is 5.93. The Labute approximate surface area is 160 Å². The maximum Gasteiger partial charge on any atom is 0.417 e. The normalized spacial score (nSPS) is 10.9. The summed E-state index contributed by atoms with van der Waals surface area (Å²) in [6.07, 6.45) is -4.48. The van der Waals surface area contributed by atoms with Crippen molar-refractivity contribution in [1.29, 1.82) is 0 Å². The van der Waals surface area contributed by atoms with Gasteiger partial charge in [-0.25, -0.2) is 0 Å². The number of nitrogens with one attached hydrogen (secondary N) is 1. The SMILES string of the molecule is Cn1nc(-c2ccccc2)cc1C(=O)NCC#Cc1ccccc1C(F)(F)F. The van der Waals surface area contributed by atoms with Gasteiger partial charge in [0.2, 0.25) is 0 Å². The number of hydrogen-bond donors (Lipinski definition) is 1. The Hall–Kier alpha value is -3.53. The zero-order chi connectivity index (χ0) is 20.1. The van der Waals surface area contributed by atoms with Gasteiger partial charge in [0, 0.05) is 18.2 Å².